The molecule has 0 aliphatic carbocycles. The molecule has 0 radical (unpaired) electrons. The maximum Gasteiger partial charge on any atom is 0.224 e. The summed E-state index contributed by atoms with van der Waals surface area (Å²) in [4.78, 5) is 26.4. The molecule has 1 N–H and O–H groups in total. The third-order valence-electron chi connectivity index (χ3n) is 5.52. The average molecular weight is 451 g/mol. The Morgan fingerprint density at radius 3 is 2.73 bits per heavy atom. The SMILES string of the molecule is Cc1nn(-c2ccc(Cl)c(Cl)c2)c(C)c1CC(=O)NCCCN1CCCCCC1=O. The minimum atomic E-state index is -0.0444. The minimum absolute atomic E-state index is 0.0444. The summed E-state index contributed by atoms with van der Waals surface area (Å²) in [6, 6.07) is 5.34. The predicted molar refractivity (Wildman–Crippen MR) is 119 cm³/mol. The summed E-state index contributed by atoms with van der Waals surface area (Å²) in [5.74, 6) is 0.192. The van der Waals surface area contributed by atoms with Crippen molar-refractivity contribution in [3.8, 4) is 5.69 Å². The van der Waals surface area contributed by atoms with Crippen LogP contribution in [0.15, 0.2) is 18.2 Å². The maximum absolute atomic E-state index is 12.5. The number of nitrogens with one attached hydrogen (secondary N) is 1. The Hall–Kier alpha value is -2.05. The van der Waals surface area contributed by atoms with Gasteiger partial charge in [-0.25, -0.2) is 4.68 Å². The molecule has 2 amide bonds. The Labute approximate surface area is 187 Å². The van der Waals surface area contributed by atoms with E-state index in [1.807, 2.05) is 24.8 Å². The molecule has 3 rings (SSSR count). The highest BCUT2D eigenvalue weighted by molar-refractivity contribution is 6.42. The zero-order chi connectivity index (χ0) is 21.7. The van der Waals surface area contributed by atoms with Crippen molar-refractivity contribution >= 4 is 35.0 Å². The molecule has 2 heterocycles. The van der Waals surface area contributed by atoms with Crippen LogP contribution in [0.25, 0.3) is 5.69 Å². The molecule has 8 heteroatoms. The zero-order valence-corrected chi connectivity index (χ0v) is 19.0. The van der Waals surface area contributed by atoms with Gasteiger partial charge in [0.1, 0.15) is 0 Å². The molecule has 162 valence electrons. The van der Waals surface area contributed by atoms with Gasteiger partial charge in [0.15, 0.2) is 0 Å². The van der Waals surface area contributed by atoms with Crippen LogP contribution in [0.3, 0.4) is 0 Å². The van der Waals surface area contributed by atoms with Crippen LogP contribution < -0.4 is 5.32 Å². The third-order valence-corrected chi connectivity index (χ3v) is 6.26. The molecule has 2 aromatic rings. The quantitative estimate of drug-likeness (QED) is 0.641. The molecule has 30 heavy (non-hydrogen) atoms. The molecule has 0 saturated carbocycles. The molecule has 0 atom stereocenters. The van der Waals surface area contributed by atoms with E-state index in [9.17, 15) is 9.59 Å². The van der Waals surface area contributed by atoms with Crippen LogP contribution >= 0.6 is 23.2 Å². The van der Waals surface area contributed by atoms with Crippen molar-refractivity contribution in [2.75, 3.05) is 19.6 Å². The van der Waals surface area contributed by atoms with Crippen molar-refractivity contribution in [3.05, 3.63) is 45.2 Å². The molecule has 1 saturated heterocycles. The highest BCUT2D eigenvalue weighted by Gasteiger charge is 2.18. The molecular formula is C22H28Cl2N4O2. The fourth-order valence-electron chi connectivity index (χ4n) is 3.79. The molecule has 0 spiro atoms. The average Bonchev–Trinajstić information content (AvgIpc) is 2.86. The van der Waals surface area contributed by atoms with Crippen LogP contribution in [-0.4, -0.2) is 46.1 Å². The molecule has 1 aliphatic rings. The number of amides is 2. The number of halogens is 2. The third kappa shape index (κ3) is 5.55. The molecular weight excluding hydrogens is 423 g/mol. The second-order valence-corrected chi connectivity index (χ2v) is 8.55. The second kappa shape index (κ2) is 10.3. The van der Waals surface area contributed by atoms with E-state index in [1.165, 1.54) is 0 Å². The molecule has 0 unspecified atom stereocenters. The van der Waals surface area contributed by atoms with E-state index in [0.29, 0.717) is 29.6 Å². The van der Waals surface area contributed by atoms with Crippen LogP contribution in [0.1, 0.15) is 49.1 Å². The van der Waals surface area contributed by atoms with Gasteiger partial charge in [-0.05, 0) is 51.3 Å². The number of benzene rings is 1. The predicted octanol–water partition coefficient (Wildman–Crippen LogP) is 4.25. The molecule has 1 fully saturated rings. The van der Waals surface area contributed by atoms with Gasteiger partial charge in [-0.2, -0.15) is 5.10 Å². The van der Waals surface area contributed by atoms with Gasteiger partial charge in [-0.1, -0.05) is 29.6 Å². The van der Waals surface area contributed by atoms with E-state index in [2.05, 4.69) is 10.4 Å². The Morgan fingerprint density at radius 2 is 1.97 bits per heavy atom. The molecule has 1 aromatic heterocycles. The standard InChI is InChI=1S/C22H28Cl2N4O2/c1-15-18(16(2)28(26-15)17-8-9-19(23)20(24)13-17)14-21(29)25-10-6-12-27-11-5-3-4-7-22(27)30/h8-9,13H,3-7,10-12,14H2,1-2H3,(H,25,29). The van der Waals surface area contributed by atoms with Crippen LogP contribution in [0.2, 0.25) is 10.0 Å². The van der Waals surface area contributed by atoms with Crippen molar-refractivity contribution in [1.82, 2.24) is 20.0 Å². The van der Waals surface area contributed by atoms with Gasteiger partial charge >= 0.3 is 0 Å². The van der Waals surface area contributed by atoms with Crippen LogP contribution in [0.4, 0.5) is 0 Å². The first-order valence-electron chi connectivity index (χ1n) is 10.4. The zero-order valence-electron chi connectivity index (χ0n) is 17.5. The smallest absolute Gasteiger partial charge is 0.224 e. The Kier molecular flexibility index (Phi) is 7.78. The Balaban J connectivity index is 1.54. The van der Waals surface area contributed by atoms with Crippen molar-refractivity contribution in [2.45, 2.75) is 52.4 Å². The minimum Gasteiger partial charge on any atom is -0.356 e. The van der Waals surface area contributed by atoms with Gasteiger partial charge in [0, 0.05) is 37.3 Å². The number of likely N-dealkylation sites (tertiary alicyclic amines) is 1. The van der Waals surface area contributed by atoms with Crippen molar-refractivity contribution in [1.29, 1.82) is 0 Å². The van der Waals surface area contributed by atoms with Gasteiger partial charge in [0.05, 0.1) is 27.8 Å². The second-order valence-electron chi connectivity index (χ2n) is 7.73. The first-order valence-corrected chi connectivity index (χ1v) is 11.2. The summed E-state index contributed by atoms with van der Waals surface area (Å²) < 4.78 is 1.78. The molecule has 1 aliphatic heterocycles. The Morgan fingerprint density at radius 1 is 1.17 bits per heavy atom. The van der Waals surface area contributed by atoms with E-state index < -0.39 is 0 Å². The van der Waals surface area contributed by atoms with Crippen LogP contribution in [0.5, 0.6) is 0 Å². The summed E-state index contributed by atoms with van der Waals surface area (Å²) in [7, 11) is 0. The lowest BCUT2D eigenvalue weighted by molar-refractivity contribution is -0.130. The van der Waals surface area contributed by atoms with Gasteiger partial charge in [-0.15, -0.1) is 0 Å². The van der Waals surface area contributed by atoms with E-state index in [-0.39, 0.29) is 18.2 Å². The number of carbonyl (C=O) groups is 2. The fourth-order valence-corrected chi connectivity index (χ4v) is 4.09. The Bertz CT molecular complexity index is 926. The molecule has 0 bridgehead atoms. The lowest BCUT2D eigenvalue weighted by Gasteiger charge is -2.20. The van der Waals surface area contributed by atoms with Gasteiger partial charge in [0.25, 0.3) is 0 Å². The monoisotopic (exact) mass is 450 g/mol. The number of hydrogen-bond donors (Lipinski definition) is 1. The van der Waals surface area contributed by atoms with E-state index in [4.69, 9.17) is 23.2 Å². The van der Waals surface area contributed by atoms with Gasteiger partial charge in [-0.3, -0.25) is 9.59 Å². The van der Waals surface area contributed by atoms with E-state index >= 15 is 0 Å². The summed E-state index contributed by atoms with van der Waals surface area (Å²) in [6.07, 6.45) is 4.85. The first-order chi connectivity index (χ1) is 14.4. The highest BCUT2D eigenvalue weighted by atomic mass is 35.5. The number of nitrogens with zero attached hydrogens (tertiary/aromatic N) is 3. The van der Waals surface area contributed by atoms with Gasteiger partial charge in [0.2, 0.25) is 11.8 Å². The van der Waals surface area contributed by atoms with E-state index in [1.54, 1.807) is 16.8 Å². The highest BCUT2D eigenvalue weighted by Crippen LogP contribution is 2.26. The lowest BCUT2D eigenvalue weighted by Crippen LogP contribution is -2.34. The first kappa shape index (κ1) is 22.6. The van der Waals surface area contributed by atoms with Crippen molar-refractivity contribution in [3.63, 3.8) is 0 Å². The summed E-state index contributed by atoms with van der Waals surface area (Å²) >= 11 is 12.1. The normalized spacial score (nSPS) is 14.7. The number of aromatic nitrogens is 2. The summed E-state index contributed by atoms with van der Waals surface area (Å²) in [5.41, 5.74) is 3.42. The number of aryl methyl sites for hydroxylation is 1. The fraction of sp³-hybridized carbons (Fsp3) is 0.500. The lowest BCUT2D eigenvalue weighted by atomic mass is 10.1. The van der Waals surface area contributed by atoms with Crippen LogP contribution in [0, 0.1) is 13.8 Å². The largest absolute Gasteiger partial charge is 0.356 e. The molecule has 6 nitrogen and oxygen atoms in total. The van der Waals surface area contributed by atoms with Crippen molar-refractivity contribution < 1.29 is 9.59 Å². The number of rotatable bonds is 7. The number of carbonyl (C=O) groups excluding carboxylic acids is 2. The summed E-state index contributed by atoms with van der Waals surface area (Å²) in [5, 5.41) is 8.49. The van der Waals surface area contributed by atoms with Gasteiger partial charge < -0.3 is 10.2 Å². The topological polar surface area (TPSA) is 67.2 Å². The maximum atomic E-state index is 12.5. The number of hydrogen-bond acceptors (Lipinski definition) is 3. The van der Waals surface area contributed by atoms with Crippen molar-refractivity contribution in [2.24, 2.45) is 0 Å². The molecule has 1 aromatic carbocycles. The summed E-state index contributed by atoms with van der Waals surface area (Å²) in [6.45, 7) is 5.93. The van der Waals surface area contributed by atoms with Crippen LogP contribution in [-0.2, 0) is 16.0 Å². The van der Waals surface area contributed by atoms with E-state index in [0.717, 1.165) is 54.9 Å².